The first kappa shape index (κ1) is 32.5. The van der Waals surface area contributed by atoms with Crippen molar-refractivity contribution in [2.24, 2.45) is 0 Å². The average Bonchev–Trinajstić information content (AvgIpc) is 2.84. The molecule has 0 bridgehead atoms. The van der Waals surface area contributed by atoms with Gasteiger partial charge in [0.2, 0.25) is 0 Å². The van der Waals surface area contributed by atoms with Gasteiger partial charge in [-0.3, -0.25) is 24.5 Å². The topological polar surface area (TPSA) is 193 Å². The van der Waals surface area contributed by atoms with Crippen LogP contribution in [-0.2, 0) is 29.1 Å². The molecule has 0 aliphatic rings. The maximum absolute atomic E-state index is 10.0. The Morgan fingerprint density at radius 2 is 0.750 bits per heavy atom. The molecule has 164 valence electrons. The fourth-order valence-electron chi connectivity index (χ4n) is 1.45. The monoisotopic (exact) mass is 525 g/mol. The van der Waals surface area contributed by atoms with E-state index in [9.17, 15) is 29.7 Å². The molecule has 3 aromatic rings. The Balaban J connectivity index is -0.000000360. The molecule has 3 rings (SSSR count). The minimum atomic E-state index is -1.24. The van der Waals surface area contributed by atoms with Crippen LogP contribution in [-0.4, -0.2) is 46.4 Å². The van der Waals surface area contributed by atoms with E-state index in [2.05, 4.69) is 28.5 Å². The molecule has 0 fully saturated rings. The second-order valence-corrected chi connectivity index (χ2v) is 4.51. The molecule has 0 atom stereocenters. The molecule has 0 spiro atoms. The first-order valence-electron chi connectivity index (χ1n) is 7.69. The zero-order valence-corrected chi connectivity index (χ0v) is 17.5. The van der Waals surface area contributed by atoms with Crippen molar-refractivity contribution in [1.82, 2.24) is 15.0 Å². The number of aromatic carboxylic acids is 3. The fourth-order valence-corrected chi connectivity index (χ4v) is 1.45. The van der Waals surface area contributed by atoms with Gasteiger partial charge >= 0.3 is 19.5 Å². The van der Waals surface area contributed by atoms with Crippen molar-refractivity contribution < 1.29 is 58.8 Å². The maximum atomic E-state index is 10.0. The Morgan fingerprint density at radius 1 is 0.531 bits per heavy atom. The van der Waals surface area contributed by atoms with Crippen molar-refractivity contribution in [3.63, 3.8) is 0 Å². The van der Waals surface area contributed by atoms with Crippen molar-refractivity contribution in [3.05, 3.63) is 90.3 Å². The third kappa shape index (κ3) is 15.7. The van der Waals surface area contributed by atoms with E-state index in [4.69, 9.17) is 9.59 Å². The fraction of sp³-hybridized carbons (Fsp3) is 0. The van der Waals surface area contributed by atoms with Gasteiger partial charge in [0.1, 0.15) is 0 Å². The van der Waals surface area contributed by atoms with Crippen LogP contribution in [0.4, 0.5) is 0 Å². The van der Waals surface area contributed by atoms with Crippen molar-refractivity contribution in [2.75, 3.05) is 0 Å². The smallest absolute Gasteiger partial charge is 0.543 e. The molecule has 3 aromatic heterocycles. The Morgan fingerprint density at radius 3 is 0.844 bits per heavy atom. The molecule has 32 heavy (non-hydrogen) atoms. The van der Waals surface area contributed by atoms with Crippen LogP contribution in [0.15, 0.2) is 73.2 Å². The summed E-state index contributed by atoms with van der Waals surface area (Å²) < 4.78 is 0. The van der Waals surface area contributed by atoms with E-state index in [0.29, 0.717) is 0 Å². The summed E-state index contributed by atoms with van der Waals surface area (Å²) in [5, 5.41) is 30.1. The van der Waals surface area contributed by atoms with E-state index in [-0.39, 0.29) is 36.6 Å². The molecule has 0 unspecified atom stereocenters. The summed E-state index contributed by atoms with van der Waals surface area (Å²) in [5.74, 6) is -3.72. The molecule has 0 saturated carbocycles. The van der Waals surface area contributed by atoms with E-state index in [1.165, 1.54) is 36.8 Å². The second kappa shape index (κ2) is 21.5. The van der Waals surface area contributed by atoms with Gasteiger partial charge in [0.25, 0.3) is 13.6 Å². The summed E-state index contributed by atoms with van der Waals surface area (Å²) in [4.78, 5) is 55.6. The minimum absolute atomic E-state index is 0. The number of carbonyl (C=O) groups excluding carboxylic acids is 5. The first-order chi connectivity index (χ1) is 14.9. The predicted octanol–water partition coefficient (Wildman–Crippen LogP) is -2.46. The molecule has 0 N–H and O–H groups in total. The number of hydrogen-bond acceptors (Lipinski definition) is 11. The standard InChI is InChI=1S/3C6H5NO2.2CO.Rh/c3*8-6(9)5-3-1-2-4-7-5;2*1-2;/h3*1-4H,(H,8,9);;;/q;;;;;+3/p-3. The molecular formula is C20H12N3O8Rh. The van der Waals surface area contributed by atoms with E-state index in [1.54, 1.807) is 36.4 Å². The summed E-state index contributed by atoms with van der Waals surface area (Å²) in [7, 11) is 0. The molecule has 4 radical (unpaired) electrons. The quantitative estimate of drug-likeness (QED) is 0.329. The van der Waals surface area contributed by atoms with E-state index >= 15 is 0 Å². The van der Waals surface area contributed by atoms with Crippen molar-refractivity contribution in [3.8, 4) is 0 Å². The van der Waals surface area contributed by atoms with Gasteiger partial charge < -0.3 is 29.7 Å². The SMILES string of the molecule is O=C([O-])c1ccccn1.O=C([O-])c1ccccn1.O=C([O-])c1ccccn1.[C]=O.[C]=O.[Rh+3]. The van der Waals surface area contributed by atoms with Gasteiger partial charge in [0, 0.05) is 18.6 Å². The number of rotatable bonds is 3. The van der Waals surface area contributed by atoms with Gasteiger partial charge in [-0.2, -0.15) is 0 Å². The summed E-state index contributed by atoms with van der Waals surface area (Å²) in [6.07, 6.45) is 4.22. The molecule has 0 aliphatic heterocycles. The van der Waals surface area contributed by atoms with Gasteiger partial charge in [-0.05, 0) is 36.4 Å². The van der Waals surface area contributed by atoms with Crippen LogP contribution >= 0.6 is 0 Å². The molecule has 11 nitrogen and oxygen atoms in total. The van der Waals surface area contributed by atoms with Crippen molar-refractivity contribution in [2.45, 2.75) is 0 Å². The summed E-state index contributed by atoms with van der Waals surface area (Å²) in [5.41, 5.74) is -0.0903. The first-order valence-corrected chi connectivity index (χ1v) is 7.69. The average molecular weight is 525 g/mol. The zero-order valence-electron chi connectivity index (χ0n) is 15.9. The maximum Gasteiger partial charge on any atom is 3.00 e. The van der Waals surface area contributed by atoms with Gasteiger partial charge in [-0.15, -0.1) is 0 Å². The predicted molar refractivity (Wildman–Crippen MR) is 97.1 cm³/mol. The number of nitrogens with zero attached hydrogens (tertiary/aromatic N) is 3. The Hall–Kier alpha value is -4.18. The van der Waals surface area contributed by atoms with E-state index in [0.717, 1.165) is 0 Å². The van der Waals surface area contributed by atoms with Crippen LogP contribution in [0.25, 0.3) is 0 Å². The number of hydrogen-bond donors (Lipinski definition) is 0. The number of aromatic nitrogens is 3. The third-order valence-electron chi connectivity index (χ3n) is 2.62. The summed E-state index contributed by atoms with van der Waals surface area (Å²) in [6.45, 7) is 9.00. The Kier molecular flexibility index (Phi) is 21.9. The van der Waals surface area contributed by atoms with Gasteiger partial charge in [-0.25, -0.2) is 0 Å². The summed E-state index contributed by atoms with van der Waals surface area (Å²) in [6, 6.07) is 13.9. The summed E-state index contributed by atoms with van der Waals surface area (Å²) >= 11 is 0. The minimum Gasteiger partial charge on any atom is -0.543 e. The van der Waals surface area contributed by atoms with Crippen LogP contribution < -0.4 is 15.3 Å². The molecule has 0 saturated heterocycles. The molecule has 0 amide bonds. The van der Waals surface area contributed by atoms with E-state index < -0.39 is 17.9 Å². The van der Waals surface area contributed by atoms with Gasteiger partial charge in [0.05, 0.1) is 35.0 Å². The second-order valence-electron chi connectivity index (χ2n) is 4.51. The number of carboxylic acids is 3. The molecule has 12 heteroatoms. The van der Waals surface area contributed by atoms with Crippen LogP contribution in [0, 0.1) is 0 Å². The Bertz CT molecular complexity index is 781. The largest absolute Gasteiger partial charge is 3.00 e. The Labute approximate surface area is 195 Å². The number of carboxylic acid groups (broad SMARTS) is 3. The molecular weight excluding hydrogens is 513 g/mol. The number of carbonyl (C=O) groups is 3. The molecule has 3 heterocycles. The number of pyridine rings is 3. The zero-order chi connectivity index (χ0) is 24.1. The van der Waals surface area contributed by atoms with Crippen molar-refractivity contribution in [1.29, 1.82) is 0 Å². The van der Waals surface area contributed by atoms with Crippen LogP contribution in [0.1, 0.15) is 31.5 Å². The van der Waals surface area contributed by atoms with Crippen LogP contribution in [0.2, 0.25) is 0 Å². The van der Waals surface area contributed by atoms with Crippen LogP contribution in [0.3, 0.4) is 0 Å². The third-order valence-corrected chi connectivity index (χ3v) is 2.62. The van der Waals surface area contributed by atoms with Gasteiger partial charge in [0.15, 0.2) is 0 Å². The van der Waals surface area contributed by atoms with E-state index in [1.807, 2.05) is 0 Å². The van der Waals surface area contributed by atoms with Crippen LogP contribution in [0.5, 0.6) is 0 Å². The molecule has 0 aliphatic carbocycles. The normalized spacial score (nSPS) is 7.75. The van der Waals surface area contributed by atoms with Crippen molar-refractivity contribution >= 4 is 31.5 Å². The van der Waals surface area contributed by atoms with Gasteiger partial charge in [-0.1, -0.05) is 18.2 Å². The molecule has 0 aromatic carbocycles.